The van der Waals surface area contributed by atoms with Crippen molar-refractivity contribution in [1.82, 2.24) is 4.90 Å². The van der Waals surface area contributed by atoms with Gasteiger partial charge < -0.3 is 20.8 Å². The number of amides is 2. The van der Waals surface area contributed by atoms with E-state index in [1.807, 2.05) is 5.38 Å². The summed E-state index contributed by atoms with van der Waals surface area (Å²) < 4.78 is 0. The van der Waals surface area contributed by atoms with E-state index < -0.39 is 24.3 Å². The minimum atomic E-state index is -1.05. The van der Waals surface area contributed by atoms with Crippen LogP contribution in [0.2, 0.25) is 0 Å². The van der Waals surface area contributed by atoms with Crippen LogP contribution >= 0.6 is 22.9 Å². The Hall–Kier alpha value is -0.820. The summed E-state index contributed by atoms with van der Waals surface area (Å²) in [6.07, 6.45) is -2.01. The molecule has 0 fully saturated rings. The number of carbonyl (C=O) groups is 1. The second-order valence-corrected chi connectivity index (χ2v) is 5.17. The van der Waals surface area contributed by atoms with Crippen LogP contribution in [0.4, 0.5) is 4.79 Å². The molecule has 5 nitrogen and oxygen atoms in total. The van der Waals surface area contributed by atoms with Crippen LogP contribution in [0.25, 0.3) is 0 Å². The van der Waals surface area contributed by atoms with Crippen molar-refractivity contribution in [2.45, 2.75) is 18.2 Å². The Balaban J connectivity index is 2.35. The Morgan fingerprint density at radius 2 is 2.29 bits per heavy atom. The molecular weight excluding hydrogens is 264 g/mol. The number of aliphatic hydroxyl groups is 2. The maximum atomic E-state index is 11.4. The molecular formula is C10H13ClN2O3S. The number of nitrogens with two attached hydrogens (primary N) is 1. The third-order valence-corrected chi connectivity index (χ3v) is 4.08. The van der Waals surface area contributed by atoms with Crippen molar-refractivity contribution in [3.8, 4) is 0 Å². The van der Waals surface area contributed by atoms with Crippen LogP contribution < -0.4 is 5.73 Å². The number of halogens is 1. The van der Waals surface area contributed by atoms with Crippen LogP contribution in [0.15, 0.2) is 11.4 Å². The molecule has 94 valence electrons. The summed E-state index contributed by atoms with van der Waals surface area (Å²) in [7, 11) is 0. The van der Waals surface area contributed by atoms with Crippen LogP contribution in [-0.4, -0.2) is 39.7 Å². The monoisotopic (exact) mass is 276 g/mol. The maximum Gasteiger partial charge on any atom is 0.315 e. The van der Waals surface area contributed by atoms with Gasteiger partial charge in [0.1, 0.15) is 12.2 Å². The molecule has 0 unspecified atom stereocenters. The molecule has 7 heteroatoms. The summed E-state index contributed by atoms with van der Waals surface area (Å²) in [5.74, 6) is 0.224. The Bertz CT molecular complexity index is 425. The number of primary amides is 1. The molecule has 1 heterocycles. The normalized spacial score (nSPS) is 26.9. The highest BCUT2D eigenvalue weighted by atomic mass is 35.5. The number of alkyl halides is 1. The zero-order valence-corrected chi connectivity index (χ0v) is 10.5. The fraction of sp³-hybridized carbons (Fsp3) is 0.500. The van der Waals surface area contributed by atoms with Gasteiger partial charge in [-0.3, -0.25) is 0 Å². The van der Waals surface area contributed by atoms with Crippen molar-refractivity contribution in [1.29, 1.82) is 0 Å². The Kier molecular flexibility index (Phi) is 3.58. The van der Waals surface area contributed by atoms with Gasteiger partial charge in [0.05, 0.1) is 6.04 Å². The summed E-state index contributed by atoms with van der Waals surface area (Å²) >= 11 is 6.97. The Labute approximate surface area is 107 Å². The average Bonchev–Trinajstić information content (AvgIpc) is 2.82. The zero-order valence-electron chi connectivity index (χ0n) is 8.91. The summed E-state index contributed by atoms with van der Waals surface area (Å²) in [6, 6.07) is 0.525. The molecule has 2 amide bonds. The first-order valence-electron chi connectivity index (χ1n) is 5.13. The maximum absolute atomic E-state index is 11.4. The molecule has 1 aromatic rings. The summed E-state index contributed by atoms with van der Waals surface area (Å²) in [5.41, 5.74) is 6.02. The van der Waals surface area contributed by atoms with Crippen molar-refractivity contribution >= 4 is 29.0 Å². The molecule has 1 aromatic heterocycles. The van der Waals surface area contributed by atoms with Crippen LogP contribution in [0.5, 0.6) is 0 Å². The SMILES string of the molecule is NC(=O)N(CCCl)[C@H]1c2ccsc2[C@@H](O)[C@H]1O. The molecule has 2 rings (SSSR count). The average molecular weight is 277 g/mol. The lowest BCUT2D eigenvalue weighted by Crippen LogP contribution is -2.43. The highest BCUT2D eigenvalue weighted by Gasteiger charge is 2.43. The van der Waals surface area contributed by atoms with Crippen LogP contribution in [0.3, 0.4) is 0 Å². The Morgan fingerprint density at radius 3 is 2.88 bits per heavy atom. The minimum absolute atomic E-state index is 0.224. The lowest BCUT2D eigenvalue weighted by atomic mass is 10.1. The van der Waals surface area contributed by atoms with E-state index in [9.17, 15) is 15.0 Å². The standard InChI is InChI=1S/C10H13ClN2O3S/c11-2-3-13(10(12)16)6-5-1-4-17-9(5)8(15)7(6)14/h1,4,6-8,14-15H,2-3H2,(H2,12,16)/t6-,7-,8-/m0/s1. The first-order chi connectivity index (χ1) is 8.07. The smallest absolute Gasteiger partial charge is 0.315 e. The van der Waals surface area contributed by atoms with Gasteiger partial charge in [0.15, 0.2) is 0 Å². The number of hydrogen-bond donors (Lipinski definition) is 3. The number of thiophene rings is 1. The second kappa shape index (κ2) is 4.81. The topological polar surface area (TPSA) is 86.8 Å². The summed E-state index contributed by atoms with van der Waals surface area (Å²) in [6.45, 7) is 0.237. The zero-order chi connectivity index (χ0) is 12.6. The lowest BCUT2D eigenvalue weighted by molar-refractivity contribution is -0.0110. The summed E-state index contributed by atoms with van der Waals surface area (Å²) in [5, 5.41) is 21.6. The molecule has 1 aliphatic carbocycles. The molecule has 0 saturated heterocycles. The van der Waals surface area contributed by atoms with E-state index in [1.165, 1.54) is 16.2 Å². The highest BCUT2D eigenvalue weighted by Crippen LogP contribution is 2.45. The molecule has 0 aliphatic heterocycles. The molecule has 4 N–H and O–H groups in total. The first-order valence-corrected chi connectivity index (χ1v) is 6.54. The van der Waals surface area contributed by atoms with E-state index in [-0.39, 0.29) is 12.4 Å². The third kappa shape index (κ3) is 2.01. The quantitative estimate of drug-likeness (QED) is 0.714. The predicted molar refractivity (Wildman–Crippen MR) is 65.0 cm³/mol. The Morgan fingerprint density at radius 1 is 1.59 bits per heavy atom. The molecule has 1 aliphatic rings. The largest absolute Gasteiger partial charge is 0.387 e. The van der Waals surface area contributed by atoms with Crippen molar-refractivity contribution in [2.75, 3.05) is 12.4 Å². The number of rotatable bonds is 3. The summed E-state index contributed by atoms with van der Waals surface area (Å²) in [4.78, 5) is 13.3. The predicted octanol–water partition coefficient (Wildman–Crippen LogP) is 0.817. The van der Waals surface area contributed by atoms with Gasteiger partial charge in [0.25, 0.3) is 0 Å². The molecule has 0 saturated carbocycles. The first kappa shape index (κ1) is 12.6. The van der Waals surface area contributed by atoms with Crippen LogP contribution in [-0.2, 0) is 0 Å². The molecule has 0 bridgehead atoms. The van der Waals surface area contributed by atoms with Crippen LogP contribution in [0, 0.1) is 0 Å². The van der Waals surface area contributed by atoms with Crippen molar-refractivity contribution in [3.05, 3.63) is 21.9 Å². The van der Waals surface area contributed by atoms with E-state index in [1.54, 1.807) is 6.07 Å². The number of hydrogen-bond acceptors (Lipinski definition) is 4. The fourth-order valence-electron chi connectivity index (χ4n) is 2.16. The van der Waals surface area contributed by atoms with Crippen LogP contribution in [0.1, 0.15) is 22.6 Å². The molecule has 17 heavy (non-hydrogen) atoms. The van der Waals surface area contributed by atoms with Gasteiger partial charge in [-0.15, -0.1) is 22.9 Å². The number of urea groups is 1. The van der Waals surface area contributed by atoms with Gasteiger partial charge in [0.2, 0.25) is 0 Å². The fourth-order valence-corrected chi connectivity index (χ4v) is 3.30. The number of carbonyl (C=O) groups excluding carboxylic acids is 1. The minimum Gasteiger partial charge on any atom is -0.387 e. The van der Waals surface area contributed by atoms with E-state index in [0.717, 1.165) is 5.56 Å². The van der Waals surface area contributed by atoms with E-state index in [4.69, 9.17) is 17.3 Å². The van der Waals surface area contributed by atoms with Crippen molar-refractivity contribution < 1.29 is 15.0 Å². The number of aliphatic hydroxyl groups excluding tert-OH is 2. The van der Waals surface area contributed by atoms with Gasteiger partial charge in [-0.2, -0.15) is 0 Å². The second-order valence-electron chi connectivity index (χ2n) is 3.84. The van der Waals surface area contributed by atoms with Gasteiger partial charge in [-0.25, -0.2) is 4.79 Å². The van der Waals surface area contributed by atoms with Gasteiger partial charge >= 0.3 is 6.03 Å². The highest BCUT2D eigenvalue weighted by molar-refractivity contribution is 7.10. The van der Waals surface area contributed by atoms with Crippen molar-refractivity contribution in [3.63, 3.8) is 0 Å². The third-order valence-electron chi connectivity index (χ3n) is 2.91. The van der Waals surface area contributed by atoms with E-state index in [2.05, 4.69) is 0 Å². The molecule has 0 spiro atoms. The van der Waals surface area contributed by atoms with E-state index in [0.29, 0.717) is 4.88 Å². The lowest BCUT2D eigenvalue weighted by Gasteiger charge is -2.29. The molecule has 0 aromatic carbocycles. The number of nitrogens with zero attached hydrogens (tertiary/aromatic N) is 1. The van der Waals surface area contributed by atoms with E-state index >= 15 is 0 Å². The van der Waals surface area contributed by atoms with Gasteiger partial charge in [0, 0.05) is 17.3 Å². The van der Waals surface area contributed by atoms with Gasteiger partial charge in [-0.05, 0) is 17.0 Å². The molecule has 3 atom stereocenters. The van der Waals surface area contributed by atoms with Crippen molar-refractivity contribution in [2.24, 2.45) is 5.73 Å². The molecule has 0 radical (unpaired) electrons. The van der Waals surface area contributed by atoms with Gasteiger partial charge in [-0.1, -0.05) is 0 Å². The number of fused-ring (bicyclic) bond motifs is 1.